The Labute approximate surface area is 95.8 Å². The van der Waals surface area contributed by atoms with Gasteiger partial charge in [-0.3, -0.25) is 4.79 Å². The molecule has 3 nitrogen and oxygen atoms in total. The highest BCUT2D eigenvalue weighted by molar-refractivity contribution is 6.31. The van der Waals surface area contributed by atoms with E-state index in [0.717, 1.165) is 6.07 Å². The molecule has 88 valence electrons. The summed E-state index contributed by atoms with van der Waals surface area (Å²) < 4.78 is 25.8. The van der Waals surface area contributed by atoms with Crippen LogP contribution in [0.3, 0.4) is 0 Å². The van der Waals surface area contributed by atoms with Gasteiger partial charge in [0.15, 0.2) is 11.6 Å². The average Bonchev–Trinajstić information content (AvgIpc) is 2.23. The number of aliphatic carboxylic acids is 1. The molecule has 0 spiro atoms. The molecule has 0 amide bonds. The van der Waals surface area contributed by atoms with Crippen LogP contribution in [0.15, 0.2) is 12.1 Å². The second kappa shape index (κ2) is 5.23. The van der Waals surface area contributed by atoms with Crippen LogP contribution >= 0.6 is 11.6 Å². The highest BCUT2D eigenvalue weighted by Crippen LogP contribution is 2.28. The van der Waals surface area contributed by atoms with E-state index in [9.17, 15) is 13.6 Å². The third-order valence-electron chi connectivity index (χ3n) is 2.13. The first-order valence-corrected chi connectivity index (χ1v) is 4.92. The van der Waals surface area contributed by atoms with E-state index in [1.54, 1.807) is 0 Å². The van der Waals surface area contributed by atoms with Crippen molar-refractivity contribution < 1.29 is 18.7 Å². The van der Waals surface area contributed by atoms with Crippen molar-refractivity contribution in [3.05, 3.63) is 34.4 Å². The molecule has 0 saturated heterocycles. The van der Waals surface area contributed by atoms with Gasteiger partial charge < -0.3 is 10.8 Å². The SMILES string of the molecule is NC(CCC(=O)O)c1ccc(F)c(F)c1Cl. The van der Waals surface area contributed by atoms with Gasteiger partial charge in [0.05, 0.1) is 5.02 Å². The van der Waals surface area contributed by atoms with Crippen molar-refractivity contribution in [1.82, 2.24) is 0 Å². The minimum atomic E-state index is -1.16. The average molecular weight is 250 g/mol. The molecule has 6 heteroatoms. The van der Waals surface area contributed by atoms with E-state index in [4.69, 9.17) is 22.4 Å². The molecular formula is C10H10ClF2NO2. The standard InChI is InChI=1S/C10H10ClF2NO2/c11-9-5(1-2-6(12)10(9)13)7(14)3-4-8(15)16/h1-2,7H,3-4,14H2,(H,15,16). The lowest BCUT2D eigenvalue weighted by Gasteiger charge is -2.13. The Kier molecular flexibility index (Phi) is 4.20. The molecular weight excluding hydrogens is 240 g/mol. The number of benzene rings is 1. The predicted octanol–water partition coefficient (Wildman–Crippen LogP) is 2.48. The van der Waals surface area contributed by atoms with E-state index >= 15 is 0 Å². The maximum atomic E-state index is 13.1. The van der Waals surface area contributed by atoms with Crippen LogP contribution in [0.2, 0.25) is 5.02 Å². The summed E-state index contributed by atoms with van der Waals surface area (Å²) in [7, 11) is 0. The second-order valence-corrected chi connectivity index (χ2v) is 3.68. The number of hydrogen-bond donors (Lipinski definition) is 2. The number of hydrogen-bond acceptors (Lipinski definition) is 2. The van der Waals surface area contributed by atoms with Crippen molar-refractivity contribution in [3.8, 4) is 0 Å². The molecule has 0 saturated carbocycles. The van der Waals surface area contributed by atoms with Gasteiger partial charge in [0, 0.05) is 12.5 Å². The van der Waals surface area contributed by atoms with Crippen molar-refractivity contribution in [2.75, 3.05) is 0 Å². The Balaban J connectivity index is 2.87. The maximum Gasteiger partial charge on any atom is 0.303 e. The smallest absolute Gasteiger partial charge is 0.303 e. The normalized spacial score (nSPS) is 12.5. The Hall–Kier alpha value is -1.20. The summed E-state index contributed by atoms with van der Waals surface area (Å²) in [5.74, 6) is -3.22. The van der Waals surface area contributed by atoms with Crippen LogP contribution in [-0.2, 0) is 4.79 Å². The van der Waals surface area contributed by atoms with E-state index in [-0.39, 0.29) is 18.4 Å². The molecule has 0 heterocycles. The fourth-order valence-corrected chi connectivity index (χ4v) is 1.56. The molecule has 1 aromatic carbocycles. The van der Waals surface area contributed by atoms with Crippen LogP contribution in [0.5, 0.6) is 0 Å². The third kappa shape index (κ3) is 2.90. The Bertz CT molecular complexity index is 412. The zero-order valence-corrected chi connectivity index (χ0v) is 8.97. The fourth-order valence-electron chi connectivity index (χ4n) is 1.26. The molecule has 0 fully saturated rings. The van der Waals surface area contributed by atoms with E-state index in [0.29, 0.717) is 0 Å². The quantitative estimate of drug-likeness (QED) is 0.806. The van der Waals surface area contributed by atoms with Gasteiger partial charge in [-0.2, -0.15) is 0 Å². The molecule has 3 N–H and O–H groups in total. The number of carbonyl (C=O) groups is 1. The van der Waals surface area contributed by atoms with Crippen molar-refractivity contribution in [2.24, 2.45) is 5.73 Å². The van der Waals surface area contributed by atoms with Crippen LogP contribution in [0.25, 0.3) is 0 Å². The summed E-state index contributed by atoms with van der Waals surface area (Å²) in [4.78, 5) is 10.3. The zero-order chi connectivity index (χ0) is 12.3. The van der Waals surface area contributed by atoms with Gasteiger partial charge in [-0.15, -0.1) is 0 Å². The van der Waals surface area contributed by atoms with Crippen LogP contribution in [0, 0.1) is 11.6 Å². The lowest BCUT2D eigenvalue weighted by molar-refractivity contribution is -0.137. The third-order valence-corrected chi connectivity index (χ3v) is 2.52. The van der Waals surface area contributed by atoms with E-state index < -0.39 is 28.7 Å². The van der Waals surface area contributed by atoms with Crippen molar-refractivity contribution in [2.45, 2.75) is 18.9 Å². The molecule has 0 aromatic heterocycles. The summed E-state index contributed by atoms with van der Waals surface area (Å²) in [5.41, 5.74) is 5.84. The zero-order valence-electron chi connectivity index (χ0n) is 8.21. The molecule has 1 aromatic rings. The van der Waals surface area contributed by atoms with Crippen LogP contribution in [0.4, 0.5) is 8.78 Å². The first-order valence-electron chi connectivity index (χ1n) is 4.54. The number of rotatable bonds is 4. The van der Waals surface area contributed by atoms with Crippen LogP contribution in [-0.4, -0.2) is 11.1 Å². The summed E-state index contributed by atoms with van der Waals surface area (Å²) >= 11 is 5.57. The van der Waals surface area contributed by atoms with E-state index in [1.165, 1.54) is 6.07 Å². The van der Waals surface area contributed by atoms with Gasteiger partial charge in [0.25, 0.3) is 0 Å². The van der Waals surface area contributed by atoms with Gasteiger partial charge in [-0.1, -0.05) is 17.7 Å². The van der Waals surface area contributed by atoms with Crippen LogP contribution in [0.1, 0.15) is 24.4 Å². The molecule has 0 radical (unpaired) electrons. The number of nitrogens with two attached hydrogens (primary N) is 1. The minimum absolute atomic E-state index is 0.111. The van der Waals surface area contributed by atoms with Crippen molar-refractivity contribution in [1.29, 1.82) is 0 Å². The number of carboxylic acids is 1. The Morgan fingerprint density at radius 1 is 1.50 bits per heavy atom. The lowest BCUT2D eigenvalue weighted by Crippen LogP contribution is -2.13. The highest BCUT2D eigenvalue weighted by atomic mass is 35.5. The molecule has 1 atom stereocenters. The van der Waals surface area contributed by atoms with Crippen molar-refractivity contribution in [3.63, 3.8) is 0 Å². The molecule has 0 aliphatic carbocycles. The number of halogens is 3. The van der Waals surface area contributed by atoms with Gasteiger partial charge >= 0.3 is 5.97 Å². The first-order chi connectivity index (χ1) is 7.43. The largest absolute Gasteiger partial charge is 0.481 e. The molecule has 1 unspecified atom stereocenters. The molecule has 1 rings (SSSR count). The van der Waals surface area contributed by atoms with E-state index in [1.807, 2.05) is 0 Å². The van der Waals surface area contributed by atoms with E-state index in [2.05, 4.69) is 0 Å². The monoisotopic (exact) mass is 249 g/mol. The Morgan fingerprint density at radius 3 is 2.69 bits per heavy atom. The molecule has 0 aliphatic rings. The number of carboxylic acid groups (broad SMARTS) is 1. The maximum absolute atomic E-state index is 13.1. The van der Waals surface area contributed by atoms with Gasteiger partial charge in [0.2, 0.25) is 0 Å². The summed E-state index contributed by atoms with van der Waals surface area (Å²) in [6.45, 7) is 0. The molecule has 0 aliphatic heterocycles. The first kappa shape index (κ1) is 12.9. The highest BCUT2D eigenvalue weighted by Gasteiger charge is 2.17. The van der Waals surface area contributed by atoms with Crippen molar-refractivity contribution >= 4 is 17.6 Å². The predicted molar refractivity (Wildman–Crippen MR) is 55.2 cm³/mol. The second-order valence-electron chi connectivity index (χ2n) is 3.30. The summed E-state index contributed by atoms with van der Waals surface area (Å²) in [6, 6.07) is 1.45. The topological polar surface area (TPSA) is 63.3 Å². The summed E-state index contributed by atoms with van der Waals surface area (Å²) in [5, 5.41) is 8.06. The Morgan fingerprint density at radius 2 is 2.12 bits per heavy atom. The van der Waals surface area contributed by atoms with Gasteiger partial charge in [-0.25, -0.2) is 8.78 Å². The molecule has 0 bridgehead atoms. The van der Waals surface area contributed by atoms with Gasteiger partial charge in [-0.05, 0) is 18.1 Å². The molecule has 16 heavy (non-hydrogen) atoms. The lowest BCUT2D eigenvalue weighted by atomic mass is 10.0. The minimum Gasteiger partial charge on any atom is -0.481 e. The summed E-state index contributed by atoms with van der Waals surface area (Å²) in [6.07, 6.45) is -0.0450. The van der Waals surface area contributed by atoms with Gasteiger partial charge in [0.1, 0.15) is 0 Å². The fraction of sp³-hybridized carbons (Fsp3) is 0.300. The van der Waals surface area contributed by atoms with Crippen LogP contribution < -0.4 is 5.73 Å².